The minimum absolute atomic E-state index is 0.135. The molecule has 0 spiro atoms. The Morgan fingerprint density at radius 2 is 2.32 bits per heavy atom. The van der Waals surface area contributed by atoms with Crippen LogP contribution in [0.3, 0.4) is 0 Å². The SMILES string of the molecule is CCC1CN(c2ccc(CC(C)N)c(Cl)c2)CCO1. The summed E-state index contributed by atoms with van der Waals surface area (Å²) in [5.74, 6) is 0. The molecule has 0 aromatic heterocycles. The molecule has 4 heteroatoms. The standard InChI is InChI=1S/C15H23ClN2O/c1-3-14-10-18(6-7-19-14)13-5-4-12(8-11(2)17)15(16)9-13/h4-5,9,11,14H,3,6-8,10,17H2,1-2H3. The second-order valence-corrected chi connectivity index (χ2v) is 5.71. The maximum atomic E-state index is 6.35. The number of rotatable bonds is 4. The normalized spacial score (nSPS) is 21.5. The van der Waals surface area contributed by atoms with Crippen LogP contribution in [0.25, 0.3) is 0 Å². The van der Waals surface area contributed by atoms with Crippen LogP contribution < -0.4 is 10.6 Å². The highest BCUT2D eigenvalue weighted by atomic mass is 35.5. The molecule has 2 rings (SSSR count). The number of anilines is 1. The summed E-state index contributed by atoms with van der Waals surface area (Å²) in [5.41, 5.74) is 8.13. The largest absolute Gasteiger partial charge is 0.375 e. The number of ether oxygens (including phenoxy) is 1. The van der Waals surface area contributed by atoms with Crippen molar-refractivity contribution in [3.63, 3.8) is 0 Å². The lowest BCUT2D eigenvalue weighted by Crippen LogP contribution is -2.42. The zero-order valence-corrected chi connectivity index (χ0v) is 12.5. The lowest BCUT2D eigenvalue weighted by Gasteiger charge is -2.34. The van der Waals surface area contributed by atoms with Crippen molar-refractivity contribution in [1.29, 1.82) is 0 Å². The molecule has 1 aliphatic rings. The second kappa shape index (κ2) is 6.60. The Morgan fingerprint density at radius 3 is 2.95 bits per heavy atom. The molecular formula is C15H23ClN2O. The van der Waals surface area contributed by atoms with E-state index in [0.717, 1.165) is 43.1 Å². The highest BCUT2D eigenvalue weighted by Crippen LogP contribution is 2.26. The van der Waals surface area contributed by atoms with E-state index in [1.165, 1.54) is 5.69 Å². The molecule has 19 heavy (non-hydrogen) atoms. The van der Waals surface area contributed by atoms with Gasteiger partial charge in [-0.1, -0.05) is 24.6 Å². The summed E-state index contributed by atoms with van der Waals surface area (Å²) < 4.78 is 5.69. The molecule has 1 aromatic rings. The quantitative estimate of drug-likeness (QED) is 0.923. The second-order valence-electron chi connectivity index (χ2n) is 5.30. The topological polar surface area (TPSA) is 38.5 Å². The van der Waals surface area contributed by atoms with Crippen LogP contribution in [0, 0.1) is 0 Å². The van der Waals surface area contributed by atoms with Crippen molar-refractivity contribution in [2.24, 2.45) is 5.73 Å². The molecule has 2 N–H and O–H groups in total. The average Bonchev–Trinajstić information content (AvgIpc) is 2.40. The fraction of sp³-hybridized carbons (Fsp3) is 0.600. The number of nitrogens with zero attached hydrogens (tertiary/aromatic N) is 1. The Morgan fingerprint density at radius 1 is 1.53 bits per heavy atom. The first-order valence-corrected chi connectivity index (χ1v) is 7.38. The van der Waals surface area contributed by atoms with Crippen LogP contribution in [0.2, 0.25) is 5.02 Å². The smallest absolute Gasteiger partial charge is 0.0748 e. The third-order valence-electron chi connectivity index (χ3n) is 3.54. The number of hydrogen-bond donors (Lipinski definition) is 1. The van der Waals surface area contributed by atoms with Crippen molar-refractivity contribution < 1.29 is 4.74 Å². The molecule has 0 amide bonds. The fourth-order valence-corrected chi connectivity index (χ4v) is 2.70. The van der Waals surface area contributed by atoms with E-state index in [0.29, 0.717) is 6.10 Å². The summed E-state index contributed by atoms with van der Waals surface area (Å²) in [6.45, 7) is 6.82. The van der Waals surface area contributed by atoms with E-state index >= 15 is 0 Å². The monoisotopic (exact) mass is 282 g/mol. The molecule has 0 aliphatic carbocycles. The Balaban J connectivity index is 2.10. The number of nitrogens with two attached hydrogens (primary N) is 1. The molecule has 1 saturated heterocycles. The van der Waals surface area contributed by atoms with Gasteiger partial charge in [-0.05, 0) is 37.5 Å². The van der Waals surface area contributed by atoms with E-state index in [1.54, 1.807) is 0 Å². The van der Waals surface area contributed by atoms with Crippen LogP contribution in [-0.4, -0.2) is 31.8 Å². The summed E-state index contributed by atoms with van der Waals surface area (Å²) >= 11 is 6.35. The molecule has 1 heterocycles. The van der Waals surface area contributed by atoms with Gasteiger partial charge in [0, 0.05) is 29.8 Å². The van der Waals surface area contributed by atoms with Crippen LogP contribution >= 0.6 is 11.6 Å². The van der Waals surface area contributed by atoms with Crippen LogP contribution in [0.4, 0.5) is 5.69 Å². The van der Waals surface area contributed by atoms with E-state index in [-0.39, 0.29) is 6.04 Å². The molecule has 0 radical (unpaired) electrons. The van der Waals surface area contributed by atoms with Gasteiger partial charge in [0.15, 0.2) is 0 Å². The van der Waals surface area contributed by atoms with Gasteiger partial charge in [0.2, 0.25) is 0 Å². The predicted octanol–water partition coefficient (Wildman–Crippen LogP) is 2.84. The van der Waals surface area contributed by atoms with Gasteiger partial charge in [-0.25, -0.2) is 0 Å². The maximum absolute atomic E-state index is 6.35. The number of morpholine rings is 1. The van der Waals surface area contributed by atoms with Crippen LogP contribution in [0.5, 0.6) is 0 Å². The Labute approximate surface area is 120 Å². The van der Waals surface area contributed by atoms with Crippen LogP contribution in [-0.2, 0) is 11.2 Å². The predicted molar refractivity (Wildman–Crippen MR) is 81.0 cm³/mol. The molecule has 1 aromatic carbocycles. The molecule has 2 unspecified atom stereocenters. The number of halogens is 1. The maximum Gasteiger partial charge on any atom is 0.0748 e. The lowest BCUT2D eigenvalue weighted by atomic mass is 10.1. The molecule has 106 valence electrons. The van der Waals surface area contributed by atoms with Crippen LogP contribution in [0.15, 0.2) is 18.2 Å². The van der Waals surface area contributed by atoms with Gasteiger partial charge in [-0.3, -0.25) is 0 Å². The lowest BCUT2D eigenvalue weighted by molar-refractivity contribution is 0.0384. The van der Waals surface area contributed by atoms with Gasteiger partial charge in [0.1, 0.15) is 0 Å². The highest BCUT2D eigenvalue weighted by molar-refractivity contribution is 6.31. The summed E-state index contributed by atoms with van der Waals surface area (Å²) in [5, 5.41) is 0.814. The molecule has 1 fully saturated rings. The average molecular weight is 283 g/mol. The number of hydrogen-bond acceptors (Lipinski definition) is 3. The zero-order valence-electron chi connectivity index (χ0n) is 11.7. The van der Waals surface area contributed by atoms with Crippen molar-refractivity contribution >= 4 is 17.3 Å². The first-order chi connectivity index (χ1) is 9.10. The molecule has 0 saturated carbocycles. The van der Waals surface area contributed by atoms with Gasteiger partial charge in [-0.15, -0.1) is 0 Å². The van der Waals surface area contributed by atoms with E-state index in [1.807, 2.05) is 6.92 Å². The van der Waals surface area contributed by atoms with E-state index in [2.05, 4.69) is 30.0 Å². The minimum atomic E-state index is 0.135. The first-order valence-electron chi connectivity index (χ1n) is 7.00. The molecule has 2 atom stereocenters. The third-order valence-corrected chi connectivity index (χ3v) is 3.89. The van der Waals surface area contributed by atoms with Gasteiger partial charge >= 0.3 is 0 Å². The molecule has 1 aliphatic heterocycles. The Hall–Kier alpha value is -0.770. The van der Waals surface area contributed by atoms with Crippen LogP contribution in [0.1, 0.15) is 25.8 Å². The first kappa shape index (κ1) is 14.6. The molecule has 0 bridgehead atoms. The van der Waals surface area contributed by atoms with Crippen molar-refractivity contribution in [3.05, 3.63) is 28.8 Å². The summed E-state index contributed by atoms with van der Waals surface area (Å²) in [6.07, 6.45) is 2.20. The van der Waals surface area contributed by atoms with Gasteiger partial charge in [0.25, 0.3) is 0 Å². The summed E-state index contributed by atoms with van der Waals surface area (Å²) in [6, 6.07) is 6.42. The van der Waals surface area contributed by atoms with E-state index < -0.39 is 0 Å². The number of benzene rings is 1. The third kappa shape index (κ3) is 3.85. The van der Waals surface area contributed by atoms with E-state index in [9.17, 15) is 0 Å². The van der Waals surface area contributed by atoms with Gasteiger partial charge in [-0.2, -0.15) is 0 Å². The summed E-state index contributed by atoms with van der Waals surface area (Å²) in [7, 11) is 0. The van der Waals surface area contributed by atoms with E-state index in [4.69, 9.17) is 22.1 Å². The summed E-state index contributed by atoms with van der Waals surface area (Å²) in [4.78, 5) is 2.35. The fourth-order valence-electron chi connectivity index (χ4n) is 2.45. The zero-order chi connectivity index (χ0) is 13.8. The van der Waals surface area contributed by atoms with Gasteiger partial charge in [0.05, 0.1) is 12.7 Å². The van der Waals surface area contributed by atoms with Crippen molar-refractivity contribution in [2.75, 3.05) is 24.6 Å². The highest BCUT2D eigenvalue weighted by Gasteiger charge is 2.19. The minimum Gasteiger partial charge on any atom is -0.375 e. The van der Waals surface area contributed by atoms with Crippen molar-refractivity contribution in [1.82, 2.24) is 0 Å². The Bertz CT molecular complexity index is 423. The van der Waals surface area contributed by atoms with Crippen molar-refractivity contribution in [2.45, 2.75) is 38.8 Å². The molecule has 3 nitrogen and oxygen atoms in total. The van der Waals surface area contributed by atoms with Gasteiger partial charge < -0.3 is 15.4 Å². The van der Waals surface area contributed by atoms with Crippen molar-refractivity contribution in [3.8, 4) is 0 Å². The Kier molecular flexibility index (Phi) is 5.08. The molecular weight excluding hydrogens is 260 g/mol.